The fourth-order valence-electron chi connectivity index (χ4n) is 3.52. The molecule has 0 saturated carbocycles. The molecule has 0 saturated heterocycles. The van der Waals surface area contributed by atoms with Crippen molar-refractivity contribution in [3.05, 3.63) is 74.4 Å². The van der Waals surface area contributed by atoms with Crippen LogP contribution in [0.3, 0.4) is 0 Å². The normalized spacial score (nSPS) is 11.9. The van der Waals surface area contributed by atoms with Crippen molar-refractivity contribution in [2.75, 3.05) is 18.6 Å². The number of hydrogen-bond donors (Lipinski definition) is 1. The molecule has 0 aliphatic carbocycles. The molecule has 0 radical (unpaired) electrons. The highest BCUT2D eigenvalue weighted by molar-refractivity contribution is 6.32. The summed E-state index contributed by atoms with van der Waals surface area (Å²) in [5.74, 6) is 0.552. The number of fused-ring (bicyclic) bond motifs is 2. The van der Waals surface area contributed by atoms with Gasteiger partial charge in [-0.05, 0) is 31.0 Å². The largest absolute Gasteiger partial charge is 0.490 e. The van der Waals surface area contributed by atoms with Crippen LogP contribution in [0, 0.1) is 0 Å². The maximum atomic E-state index is 12.4. The first-order chi connectivity index (χ1) is 15.0. The number of halogens is 1. The highest BCUT2D eigenvalue weighted by Gasteiger charge is 2.19. The maximum Gasteiger partial charge on any atom is 0.274 e. The fraction of sp³-hybridized carbons (Fsp3) is 0.261. The van der Waals surface area contributed by atoms with Crippen molar-refractivity contribution in [3.8, 4) is 5.75 Å². The van der Waals surface area contributed by atoms with E-state index in [0.29, 0.717) is 59.8 Å². The Kier molecular flexibility index (Phi) is 5.95. The van der Waals surface area contributed by atoms with E-state index in [9.17, 15) is 9.59 Å². The summed E-state index contributed by atoms with van der Waals surface area (Å²) in [6.45, 7) is 4.67. The van der Waals surface area contributed by atoms with Crippen molar-refractivity contribution in [2.24, 2.45) is 4.99 Å². The molecule has 1 amide bonds. The van der Waals surface area contributed by atoms with Gasteiger partial charge in [-0.25, -0.2) is 4.99 Å². The average molecular weight is 439 g/mol. The van der Waals surface area contributed by atoms with Crippen LogP contribution in [0.15, 0.2) is 52.3 Å². The Morgan fingerprint density at radius 1 is 1.26 bits per heavy atom. The van der Waals surface area contributed by atoms with Gasteiger partial charge in [-0.3, -0.25) is 14.6 Å². The Morgan fingerprint density at radius 2 is 2.03 bits per heavy atom. The summed E-state index contributed by atoms with van der Waals surface area (Å²) < 4.78 is 7.68. The minimum absolute atomic E-state index is 0.0602. The molecule has 0 fully saturated rings. The molecule has 0 bridgehead atoms. The van der Waals surface area contributed by atoms with Gasteiger partial charge < -0.3 is 14.2 Å². The number of unbranched alkanes of at least 4 members (excludes halogenated alkanes) is 1. The topological polar surface area (TPSA) is 79.7 Å². The molecule has 4 rings (SSSR count). The molecule has 1 aliphatic heterocycles. The first kappa shape index (κ1) is 20.9. The predicted octanol–water partition coefficient (Wildman–Crippen LogP) is 2.77. The fourth-order valence-corrected chi connectivity index (χ4v) is 3.72. The second kappa shape index (κ2) is 8.81. The molecule has 1 aliphatic rings. The zero-order valence-electron chi connectivity index (χ0n) is 17.2. The number of aromatic amines is 1. The number of benzene rings is 2. The van der Waals surface area contributed by atoms with Crippen molar-refractivity contribution in [1.29, 1.82) is 0 Å². The van der Waals surface area contributed by atoms with Gasteiger partial charge in [0.1, 0.15) is 11.0 Å². The Morgan fingerprint density at radius 3 is 2.81 bits per heavy atom. The SMILES string of the molecule is C=c1c(=O)[nH]c2n1Cc1ccc(Cl)c(OCCCCC(=O)N(C)c3ccccc3)c1N=2. The van der Waals surface area contributed by atoms with Gasteiger partial charge in [0.15, 0.2) is 5.75 Å². The van der Waals surface area contributed by atoms with Gasteiger partial charge in [0, 0.05) is 24.7 Å². The molecule has 1 aromatic heterocycles. The van der Waals surface area contributed by atoms with Gasteiger partial charge in [-0.1, -0.05) is 42.4 Å². The third kappa shape index (κ3) is 4.27. The van der Waals surface area contributed by atoms with Crippen molar-refractivity contribution in [3.63, 3.8) is 0 Å². The first-order valence-corrected chi connectivity index (χ1v) is 10.5. The number of carbonyl (C=O) groups is 1. The quantitative estimate of drug-likeness (QED) is 0.450. The van der Waals surface area contributed by atoms with Crippen molar-refractivity contribution < 1.29 is 9.53 Å². The molecule has 8 heteroatoms. The second-order valence-electron chi connectivity index (χ2n) is 7.40. The number of nitrogens with zero attached hydrogens (tertiary/aromatic N) is 3. The van der Waals surface area contributed by atoms with E-state index in [1.165, 1.54) is 0 Å². The number of H-pyrrole nitrogens is 1. The van der Waals surface area contributed by atoms with Crippen LogP contribution in [0.5, 0.6) is 5.75 Å². The maximum absolute atomic E-state index is 12.4. The molecule has 0 unspecified atom stereocenters. The average Bonchev–Trinajstić information content (AvgIpc) is 3.06. The molecule has 0 atom stereocenters. The molecular formula is C23H23ClN4O3. The Balaban J connectivity index is 1.38. The lowest BCUT2D eigenvalue weighted by Crippen LogP contribution is -2.32. The van der Waals surface area contributed by atoms with E-state index >= 15 is 0 Å². The molecule has 3 aromatic rings. The Labute approximate surface area is 184 Å². The van der Waals surface area contributed by atoms with Gasteiger partial charge in [-0.15, -0.1) is 0 Å². The number of para-hydroxylation sites is 1. The summed E-state index contributed by atoms with van der Waals surface area (Å²) in [6.07, 6.45) is 1.83. The molecule has 160 valence electrons. The number of amides is 1. The highest BCUT2D eigenvalue weighted by atomic mass is 35.5. The zero-order valence-corrected chi connectivity index (χ0v) is 18.0. The van der Waals surface area contributed by atoms with Crippen LogP contribution in [-0.2, 0) is 11.3 Å². The standard InChI is InChI=1S/C23H23ClN4O3/c1-15-22(30)26-23-25-20-16(14-28(15)23)11-12-18(24)21(20)31-13-7-6-10-19(29)27(2)17-8-4-3-5-9-17/h3-5,8-9,11-12H,1,6-7,10,13-14H2,2H3,(H,25,26,30). The van der Waals surface area contributed by atoms with Crippen LogP contribution < -0.4 is 26.2 Å². The van der Waals surface area contributed by atoms with Crippen LogP contribution in [0.25, 0.3) is 6.58 Å². The minimum Gasteiger partial charge on any atom is -0.490 e. The van der Waals surface area contributed by atoms with E-state index in [2.05, 4.69) is 16.6 Å². The molecule has 31 heavy (non-hydrogen) atoms. The number of imidazole rings is 1. The summed E-state index contributed by atoms with van der Waals surface area (Å²) in [5.41, 5.74) is 2.57. The van der Waals surface area contributed by atoms with Crippen LogP contribution in [-0.4, -0.2) is 29.1 Å². The van der Waals surface area contributed by atoms with Crippen LogP contribution in [0.1, 0.15) is 24.8 Å². The van der Waals surface area contributed by atoms with E-state index in [0.717, 1.165) is 11.3 Å². The molecule has 0 spiro atoms. The summed E-state index contributed by atoms with van der Waals surface area (Å²) in [6, 6.07) is 13.2. The number of hydrogen-bond acceptors (Lipinski definition) is 4. The van der Waals surface area contributed by atoms with Crippen LogP contribution >= 0.6 is 11.6 Å². The summed E-state index contributed by atoms with van der Waals surface area (Å²) in [5, 5.41) is 0.826. The number of nitrogens with one attached hydrogen (secondary N) is 1. The second-order valence-corrected chi connectivity index (χ2v) is 7.81. The van der Waals surface area contributed by atoms with Crippen molar-refractivity contribution >= 4 is 35.5 Å². The van der Waals surface area contributed by atoms with Crippen LogP contribution in [0.2, 0.25) is 5.02 Å². The lowest BCUT2D eigenvalue weighted by atomic mass is 10.1. The first-order valence-electron chi connectivity index (χ1n) is 10.1. The minimum atomic E-state index is -0.259. The van der Waals surface area contributed by atoms with E-state index in [1.54, 1.807) is 22.6 Å². The molecule has 1 N–H and O–H groups in total. The number of carbonyl (C=O) groups excluding carboxylic acids is 1. The van der Waals surface area contributed by atoms with E-state index in [-0.39, 0.29) is 11.5 Å². The lowest BCUT2D eigenvalue weighted by Gasteiger charge is -2.18. The summed E-state index contributed by atoms with van der Waals surface area (Å²) in [4.78, 5) is 33.1. The number of anilines is 1. The Bertz CT molecular complexity index is 1280. The number of ether oxygens (including phenoxy) is 1. The molecule has 7 nitrogen and oxygen atoms in total. The van der Waals surface area contributed by atoms with Gasteiger partial charge in [0.05, 0.1) is 18.2 Å². The molecule has 2 aromatic carbocycles. The van der Waals surface area contributed by atoms with Gasteiger partial charge in [-0.2, -0.15) is 0 Å². The lowest BCUT2D eigenvalue weighted by molar-refractivity contribution is -0.118. The van der Waals surface area contributed by atoms with E-state index in [1.807, 2.05) is 36.4 Å². The third-order valence-corrected chi connectivity index (χ3v) is 5.63. The van der Waals surface area contributed by atoms with Crippen LogP contribution in [0.4, 0.5) is 11.4 Å². The third-order valence-electron chi connectivity index (χ3n) is 5.33. The van der Waals surface area contributed by atoms with Crippen molar-refractivity contribution in [2.45, 2.75) is 25.8 Å². The monoisotopic (exact) mass is 438 g/mol. The molecule has 2 heterocycles. The van der Waals surface area contributed by atoms with E-state index in [4.69, 9.17) is 16.3 Å². The van der Waals surface area contributed by atoms with Gasteiger partial charge in [0.25, 0.3) is 5.56 Å². The zero-order chi connectivity index (χ0) is 22.0. The molecular weight excluding hydrogens is 416 g/mol. The smallest absolute Gasteiger partial charge is 0.274 e. The summed E-state index contributed by atoms with van der Waals surface area (Å²) >= 11 is 6.36. The van der Waals surface area contributed by atoms with Crippen molar-refractivity contribution in [1.82, 2.24) is 9.55 Å². The Hall–Kier alpha value is -3.32. The summed E-state index contributed by atoms with van der Waals surface area (Å²) in [7, 11) is 1.78. The predicted molar refractivity (Wildman–Crippen MR) is 121 cm³/mol. The number of rotatable bonds is 7. The highest BCUT2D eigenvalue weighted by Crippen LogP contribution is 2.39. The number of aromatic nitrogens is 2. The van der Waals surface area contributed by atoms with E-state index < -0.39 is 0 Å². The van der Waals surface area contributed by atoms with Gasteiger partial charge in [0.2, 0.25) is 11.5 Å². The van der Waals surface area contributed by atoms with Gasteiger partial charge >= 0.3 is 0 Å².